The van der Waals surface area contributed by atoms with E-state index in [1.54, 1.807) is 19.2 Å². The Morgan fingerprint density at radius 2 is 2.12 bits per heavy atom. The summed E-state index contributed by atoms with van der Waals surface area (Å²) in [7, 11) is 1.58. The fourth-order valence-corrected chi connectivity index (χ4v) is 3.79. The van der Waals surface area contributed by atoms with Gasteiger partial charge in [-0.05, 0) is 24.5 Å². The summed E-state index contributed by atoms with van der Waals surface area (Å²) >= 11 is 1.10. The average molecular weight is 376 g/mol. The number of thiophene rings is 1. The molecule has 1 aromatic rings. The summed E-state index contributed by atoms with van der Waals surface area (Å²) < 4.78 is 0. The van der Waals surface area contributed by atoms with Crippen molar-refractivity contribution in [2.24, 2.45) is 16.6 Å². The van der Waals surface area contributed by atoms with E-state index < -0.39 is 6.04 Å². The zero-order valence-electron chi connectivity index (χ0n) is 14.7. The number of aliphatic imine (C=N–C) groups is 1. The molecule has 26 heavy (non-hydrogen) atoms. The Hall–Kier alpha value is -2.48. The second-order valence-electron chi connectivity index (χ2n) is 6.23. The molecule has 0 bridgehead atoms. The average Bonchev–Trinajstić information content (AvgIpc) is 3.32. The number of aldehydes is 1. The molecule has 1 aromatic heterocycles. The predicted octanol–water partition coefficient (Wildman–Crippen LogP) is 1.86. The van der Waals surface area contributed by atoms with E-state index >= 15 is 0 Å². The highest BCUT2D eigenvalue weighted by atomic mass is 32.1. The molecule has 0 aliphatic heterocycles. The van der Waals surface area contributed by atoms with Crippen LogP contribution in [0.15, 0.2) is 29.0 Å². The lowest BCUT2D eigenvalue weighted by Gasteiger charge is -2.21. The van der Waals surface area contributed by atoms with E-state index in [1.807, 2.05) is 0 Å². The van der Waals surface area contributed by atoms with E-state index in [4.69, 9.17) is 5.73 Å². The maximum atomic E-state index is 12.7. The fourth-order valence-electron chi connectivity index (χ4n) is 3.06. The van der Waals surface area contributed by atoms with Gasteiger partial charge in [-0.15, -0.1) is 11.3 Å². The third kappa shape index (κ3) is 5.52. The number of rotatable bonds is 8. The number of hydrogen-bond acceptors (Lipinski definition) is 6. The first-order valence-electron chi connectivity index (χ1n) is 8.58. The summed E-state index contributed by atoms with van der Waals surface area (Å²) in [5.74, 6) is -0.275. The number of nitrogens with zero attached hydrogens (tertiary/aromatic N) is 1. The van der Waals surface area contributed by atoms with Crippen LogP contribution in [0.5, 0.6) is 0 Å². The van der Waals surface area contributed by atoms with E-state index in [2.05, 4.69) is 15.6 Å². The zero-order chi connectivity index (χ0) is 18.9. The number of hydrogen-bond donors (Lipinski definition) is 3. The summed E-state index contributed by atoms with van der Waals surface area (Å²) in [6.45, 7) is 0. The number of nitrogens with one attached hydrogen (secondary N) is 2. The molecule has 0 spiro atoms. The number of amides is 2. The second-order valence-corrected chi connectivity index (χ2v) is 7.35. The molecule has 0 saturated heterocycles. The minimum atomic E-state index is -0.674. The van der Waals surface area contributed by atoms with Crippen LogP contribution in [0.3, 0.4) is 0 Å². The third-order valence-corrected chi connectivity index (χ3v) is 5.36. The van der Waals surface area contributed by atoms with Crippen LogP contribution >= 0.6 is 11.3 Å². The molecule has 2 amide bonds. The van der Waals surface area contributed by atoms with Crippen LogP contribution < -0.4 is 16.4 Å². The van der Waals surface area contributed by atoms with Crippen LogP contribution in [0.2, 0.25) is 0 Å². The van der Waals surface area contributed by atoms with Crippen LogP contribution in [-0.2, 0) is 4.79 Å². The number of carbonyl (C=O) groups excluding carboxylic acids is 3. The van der Waals surface area contributed by atoms with Crippen molar-refractivity contribution in [1.29, 1.82) is 0 Å². The van der Waals surface area contributed by atoms with E-state index in [-0.39, 0.29) is 11.8 Å². The van der Waals surface area contributed by atoms with Gasteiger partial charge >= 0.3 is 0 Å². The van der Waals surface area contributed by atoms with Gasteiger partial charge < -0.3 is 16.4 Å². The standard InChI is InChI=1S/C18H24N4O3S/c1-20-10-13(9-19)21-17(24)15(8-12-4-2-3-5-12)22-18(25)16-7-6-14(11-23)26-16/h6-7,9-12,15H,2-5,8,19H2,1H3,(H,21,24)(H,22,25)/b13-9+,20-10?/t15-/m0/s1. The normalized spacial score (nSPS) is 16.6. The maximum Gasteiger partial charge on any atom is 0.262 e. The lowest BCUT2D eigenvalue weighted by atomic mass is 9.97. The monoisotopic (exact) mass is 376 g/mol. The van der Waals surface area contributed by atoms with Gasteiger partial charge in [0.15, 0.2) is 6.29 Å². The lowest BCUT2D eigenvalue weighted by molar-refractivity contribution is -0.122. The first-order valence-corrected chi connectivity index (χ1v) is 9.39. The Bertz CT molecular complexity index is 705. The molecule has 0 radical (unpaired) electrons. The van der Waals surface area contributed by atoms with Gasteiger partial charge in [-0.3, -0.25) is 19.4 Å². The minimum absolute atomic E-state index is 0.325. The lowest BCUT2D eigenvalue weighted by Crippen LogP contribution is -2.47. The van der Waals surface area contributed by atoms with Gasteiger partial charge in [-0.25, -0.2) is 0 Å². The largest absolute Gasteiger partial charge is 0.403 e. The zero-order valence-corrected chi connectivity index (χ0v) is 15.6. The van der Waals surface area contributed by atoms with E-state index in [0.717, 1.165) is 37.0 Å². The Labute approximate surface area is 156 Å². The molecule has 1 saturated carbocycles. The van der Waals surface area contributed by atoms with Crippen molar-refractivity contribution >= 4 is 35.7 Å². The van der Waals surface area contributed by atoms with Crippen LogP contribution in [0.1, 0.15) is 51.4 Å². The van der Waals surface area contributed by atoms with E-state index in [9.17, 15) is 14.4 Å². The summed E-state index contributed by atoms with van der Waals surface area (Å²) in [4.78, 5) is 40.7. The molecule has 4 N–H and O–H groups in total. The Morgan fingerprint density at radius 3 is 2.69 bits per heavy atom. The molecule has 0 aromatic carbocycles. The van der Waals surface area contributed by atoms with E-state index in [0.29, 0.717) is 34.1 Å². The number of allylic oxidation sites excluding steroid dienone is 1. The molecular formula is C18H24N4O3S. The minimum Gasteiger partial charge on any atom is -0.403 e. The molecule has 140 valence electrons. The Balaban J connectivity index is 2.09. The Morgan fingerprint density at radius 1 is 1.38 bits per heavy atom. The van der Waals surface area contributed by atoms with Crippen molar-refractivity contribution in [1.82, 2.24) is 10.6 Å². The number of carbonyl (C=O) groups is 3. The first kappa shape index (κ1) is 19.8. The molecule has 1 aliphatic carbocycles. The Kier molecular flexibility index (Phi) is 7.53. The molecular weight excluding hydrogens is 352 g/mol. The third-order valence-electron chi connectivity index (χ3n) is 4.35. The van der Waals surface area contributed by atoms with Gasteiger partial charge in [0.1, 0.15) is 6.04 Å². The van der Waals surface area contributed by atoms with Gasteiger partial charge in [-0.1, -0.05) is 25.7 Å². The van der Waals surface area contributed by atoms with Crippen molar-refractivity contribution in [3.63, 3.8) is 0 Å². The van der Waals surface area contributed by atoms with Crippen LogP contribution in [0.25, 0.3) is 0 Å². The van der Waals surface area contributed by atoms with Gasteiger partial charge in [-0.2, -0.15) is 0 Å². The van der Waals surface area contributed by atoms with Gasteiger partial charge in [0.05, 0.1) is 15.5 Å². The van der Waals surface area contributed by atoms with Crippen molar-refractivity contribution in [2.75, 3.05) is 7.05 Å². The summed E-state index contributed by atoms with van der Waals surface area (Å²) in [6, 6.07) is 2.50. The molecule has 8 heteroatoms. The molecule has 1 atom stereocenters. The topological polar surface area (TPSA) is 114 Å². The molecule has 0 unspecified atom stereocenters. The highest BCUT2D eigenvalue weighted by molar-refractivity contribution is 7.15. The first-order chi connectivity index (χ1) is 12.6. The van der Waals surface area contributed by atoms with Crippen molar-refractivity contribution in [3.05, 3.63) is 33.8 Å². The summed E-state index contributed by atoms with van der Waals surface area (Å²) in [5, 5.41) is 5.50. The van der Waals surface area contributed by atoms with Crippen molar-refractivity contribution in [2.45, 2.75) is 38.1 Å². The van der Waals surface area contributed by atoms with E-state index in [1.165, 1.54) is 12.4 Å². The fraction of sp³-hybridized carbons (Fsp3) is 0.444. The maximum absolute atomic E-state index is 12.7. The predicted molar refractivity (Wildman–Crippen MR) is 102 cm³/mol. The van der Waals surface area contributed by atoms with Crippen LogP contribution in [0.4, 0.5) is 0 Å². The van der Waals surface area contributed by atoms with Crippen molar-refractivity contribution < 1.29 is 14.4 Å². The number of nitrogens with two attached hydrogens (primary N) is 1. The summed E-state index contributed by atoms with van der Waals surface area (Å²) in [6.07, 6.45) is 8.40. The van der Waals surface area contributed by atoms with Gasteiger partial charge in [0.2, 0.25) is 5.91 Å². The van der Waals surface area contributed by atoms with Crippen molar-refractivity contribution in [3.8, 4) is 0 Å². The van der Waals surface area contributed by atoms with Crippen LogP contribution in [-0.4, -0.2) is 37.4 Å². The van der Waals surface area contributed by atoms with Crippen LogP contribution in [0, 0.1) is 5.92 Å². The SMILES string of the molecule is CN=C/C(=C\N)NC(=O)[C@H](CC1CCCC1)NC(=O)c1ccc(C=O)s1. The highest BCUT2D eigenvalue weighted by Crippen LogP contribution is 2.29. The van der Waals surface area contributed by atoms with Gasteiger partial charge in [0.25, 0.3) is 5.91 Å². The quantitative estimate of drug-likeness (QED) is 0.474. The molecule has 1 heterocycles. The second kappa shape index (κ2) is 9.86. The smallest absolute Gasteiger partial charge is 0.262 e. The molecule has 1 fully saturated rings. The highest BCUT2D eigenvalue weighted by Gasteiger charge is 2.27. The van der Waals surface area contributed by atoms with Gasteiger partial charge in [0, 0.05) is 19.5 Å². The summed E-state index contributed by atoms with van der Waals surface area (Å²) in [5.41, 5.74) is 5.87. The molecule has 1 aliphatic rings. The molecule has 7 nitrogen and oxygen atoms in total. The molecule has 2 rings (SSSR count).